The molecule has 0 N–H and O–H groups in total. The summed E-state index contributed by atoms with van der Waals surface area (Å²) in [5.74, 6) is 0. The Labute approximate surface area is 295 Å². The predicted octanol–water partition coefficient (Wildman–Crippen LogP) is 12.7. The van der Waals surface area contributed by atoms with Crippen LogP contribution in [0.25, 0.3) is 49.8 Å². The average molecular weight is 645 g/mol. The first kappa shape index (κ1) is 31.2. The molecule has 2 heteroatoms. The number of allylic oxidation sites excluding steroid dienone is 6. The van der Waals surface area contributed by atoms with Crippen LogP contribution < -0.4 is 4.90 Å². The first-order valence-corrected chi connectivity index (χ1v) is 17.5. The van der Waals surface area contributed by atoms with E-state index in [4.69, 9.17) is 0 Å². The molecule has 0 saturated heterocycles. The van der Waals surface area contributed by atoms with Crippen molar-refractivity contribution in [2.45, 2.75) is 26.3 Å². The van der Waals surface area contributed by atoms with Gasteiger partial charge in [-0.05, 0) is 102 Å². The van der Waals surface area contributed by atoms with Crippen LogP contribution in [0, 0.1) is 0 Å². The lowest BCUT2D eigenvalue weighted by Crippen LogP contribution is -2.32. The molecule has 8 rings (SSSR count). The number of hydrogen-bond acceptors (Lipinski definition) is 1. The van der Waals surface area contributed by atoms with E-state index in [1.165, 1.54) is 72.3 Å². The Morgan fingerprint density at radius 1 is 0.600 bits per heavy atom. The van der Waals surface area contributed by atoms with Crippen LogP contribution in [0.15, 0.2) is 194 Å². The largest absolute Gasteiger partial charge is 0.338 e. The van der Waals surface area contributed by atoms with Gasteiger partial charge in [0.1, 0.15) is 0 Å². The van der Waals surface area contributed by atoms with E-state index in [-0.39, 0.29) is 6.04 Å². The molecule has 2 nitrogen and oxygen atoms in total. The summed E-state index contributed by atoms with van der Waals surface area (Å²) >= 11 is 0. The van der Waals surface area contributed by atoms with Gasteiger partial charge in [-0.25, -0.2) is 0 Å². The fourth-order valence-corrected chi connectivity index (χ4v) is 7.25. The van der Waals surface area contributed by atoms with E-state index in [2.05, 4.69) is 211 Å². The van der Waals surface area contributed by atoms with Crippen molar-refractivity contribution in [3.05, 3.63) is 205 Å². The first-order chi connectivity index (χ1) is 24.6. The van der Waals surface area contributed by atoms with Gasteiger partial charge in [-0.15, -0.1) is 0 Å². The molecule has 0 fully saturated rings. The number of anilines is 1. The van der Waals surface area contributed by atoms with Crippen molar-refractivity contribution in [1.29, 1.82) is 0 Å². The molecule has 1 unspecified atom stereocenters. The van der Waals surface area contributed by atoms with Gasteiger partial charge in [-0.3, -0.25) is 0 Å². The first-order valence-electron chi connectivity index (χ1n) is 17.5. The molecule has 0 bridgehead atoms. The molecular weight excluding hydrogens is 605 g/mol. The van der Waals surface area contributed by atoms with Gasteiger partial charge in [0, 0.05) is 27.8 Å². The molecular formula is C48H40N2. The van der Waals surface area contributed by atoms with E-state index < -0.39 is 0 Å². The van der Waals surface area contributed by atoms with Gasteiger partial charge >= 0.3 is 0 Å². The minimum atomic E-state index is 0.187. The maximum atomic E-state index is 2.48. The molecule has 0 aliphatic heterocycles. The number of nitrogens with zero attached hydrogens (tertiary/aromatic N) is 2. The molecule has 1 atom stereocenters. The topological polar surface area (TPSA) is 8.17 Å². The summed E-state index contributed by atoms with van der Waals surface area (Å²) in [5, 5.41) is 2.55. The predicted molar refractivity (Wildman–Crippen MR) is 215 cm³/mol. The molecule has 7 aromatic rings. The maximum absolute atomic E-state index is 2.48. The van der Waals surface area contributed by atoms with Gasteiger partial charge in [0.2, 0.25) is 0 Å². The number of hydrogen-bond donors (Lipinski definition) is 0. The van der Waals surface area contributed by atoms with Crippen LogP contribution >= 0.6 is 0 Å². The van der Waals surface area contributed by atoms with E-state index in [0.717, 1.165) is 6.42 Å². The van der Waals surface area contributed by atoms with Gasteiger partial charge in [0.25, 0.3) is 0 Å². The third-order valence-corrected chi connectivity index (χ3v) is 9.87. The van der Waals surface area contributed by atoms with Crippen molar-refractivity contribution < 1.29 is 0 Å². The Kier molecular flexibility index (Phi) is 8.59. The Hall–Kier alpha value is -6.12. The molecule has 1 aliphatic rings. The molecule has 0 radical (unpaired) electrons. The van der Waals surface area contributed by atoms with Crippen LogP contribution in [-0.2, 0) is 0 Å². The normalized spacial score (nSPS) is 15.0. The quantitative estimate of drug-likeness (QED) is 0.149. The van der Waals surface area contributed by atoms with Crippen LogP contribution in [0.5, 0.6) is 0 Å². The van der Waals surface area contributed by atoms with Crippen molar-refractivity contribution in [1.82, 2.24) is 4.57 Å². The van der Waals surface area contributed by atoms with E-state index in [1.807, 2.05) is 0 Å². The lowest BCUT2D eigenvalue weighted by Gasteiger charge is -2.34. The summed E-state index contributed by atoms with van der Waals surface area (Å²) in [4.78, 5) is 2.48. The van der Waals surface area contributed by atoms with Crippen molar-refractivity contribution >= 4 is 38.6 Å². The van der Waals surface area contributed by atoms with E-state index >= 15 is 0 Å². The lowest BCUT2D eigenvalue weighted by atomic mass is 9.94. The van der Waals surface area contributed by atoms with Crippen LogP contribution in [0.1, 0.15) is 31.4 Å². The second kappa shape index (κ2) is 13.8. The fraction of sp³-hybridized carbons (Fsp3) is 0.0833. The highest BCUT2D eigenvalue weighted by molar-refractivity contribution is 6.10. The van der Waals surface area contributed by atoms with E-state index in [1.54, 1.807) is 0 Å². The molecule has 1 aromatic heterocycles. The highest BCUT2D eigenvalue weighted by Crippen LogP contribution is 2.36. The van der Waals surface area contributed by atoms with E-state index in [0.29, 0.717) is 0 Å². The number of rotatable bonds is 8. The second-order valence-electron chi connectivity index (χ2n) is 13.0. The Bertz CT molecular complexity index is 2390. The zero-order valence-corrected chi connectivity index (χ0v) is 28.6. The Balaban J connectivity index is 1.12. The van der Waals surface area contributed by atoms with Crippen molar-refractivity contribution in [3.8, 4) is 16.8 Å². The Morgan fingerprint density at radius 3 is 1.94 bits per heavy atom. The molecule has 242 valence electrons. The maximum Gasteiger partial charge on any atom is 0.0557 e. The summed E-state index contributed by atoms with van der Waals surface area (Å²) in [6.45, 7) is 4.41. The molecule has 0 amide bonds. The van der Waals surface area contributed by atoms with E-state index in [9.17, 15) is 0 Å². The molecule has 0 saturated carbocycles. The van der Waals surface area contributed by atoms with Gasteiger partial charge < -0.3 is 9.47 Å². The van der Waals surface area contributed by atoms with Gasteiger partial charge in [0.15, 0.2) is 0 Å². The molecule has 1 heterocycles. The number of fused-ring (bicyclic) bond motifs is 3. The smallest absolute Gasteiger partial charge is 0.0557 e. The van der Waals surface area contributed by atoms with Crippen molar-refractivity contribution in [2.24, 2.45) is 0 Å². The number of para-hydroxylation sites is 2. The zero-order valence-electron chi connectivity index (χ0n) is 28.6. The SMILES string of the molecule is C/C(=C\C=C(/C)N(c1ccc(-c2ccccc2)cc1)C1C=CC(c2ccc3c(c2)c2ccccc2n3-c2ccccc2)=CC1)c1ccccc1. The minimum Gasteiger partial charge on any atom is -0.338 e. The monoisotopic (exact) mass is 644 g/mol. The van der Waals surface area contributed by atoms with Crippen LogP contribution in [0.3, 0.4) is 0 Å². The zero-order chi connectivity index (χ0) is 33.9. The van der Waals surface area contributed by atoms with Gasteiger partial charge in [-0.1, -0.05) is 140 Å². The summed E-state index contributed by atoms with van der Waals surface area (Å²) in [7, 11) is 0. The highest BCUT2D eigenvalue weighted by Gasteiger charge is 2.21. The lowest BCUT2D eigenvalue weighted by molar-refractivity contribution is 0.754. The summed E-state index contributed by atoms with van der Waals surface area (Å²) in [6, 6.07) is 56.7. The molecule has 0 spiro atoms. The average Bonchev–Trinajstić information content (AvgIpc) is 3.52. The van der Waals surface area contributed by atoms with Gasteiger partial charge in [0.05, 0.1) is 17.1 Å². The third-order valence-electron chi connectivity index (χ3n) is 9.87. The van der Waals surface area contributed by atoms with Crippen LogP contribution in [-0.4, -0.2) is 10.6 Å². The third kappa shape index (κ3) is 6.13. The van der Waals surface area contributed by atoms with Gasteiger partial charge in [-0.2, -0.15) is 0 Å². The Morgan fingerprint density at radius 2 is 1.22 bits per heavy atom. The summed E-state index contributed by atoms with van der Waals surface area (Å²) < 4.78 is 2.37. The summed E-state index contributed by atoms with van der Waals surface area (Å²) in [6.07, 6.45) is 12.5. The molecule has 50 heavy (non-hydrogen) atoms. The van der Waals surface area contributed by atoms with Crippen LogP contribution in [0.2, 0.25) is 0 Å². The van der Waals surface area contributed by atoms with Crippen LogP contribution in [0.4, 0.5) is 5.69 Å². The molecule has 1 aliphatic carbocycles. The minimum absolute atomic E-state index is 0.187. The van der Waals surface area contributed by atoms with Crippen molar-refractivity contribution in [3.63, 3.8) is 0 Å². The van der Waals surface area contributed by atoms with Crippen molar-refractivity contribution in [2.75, 3.05) is 4.90 Å². The fourth-order valence-electron chi connectivity index (χ4n) is 7.25. The standard InChI is InChI=1S/C48H40N2/c1-35(37-14-6-3-7-15-37)22-23-36(2)49(43-29-24-39(25-30-43)38-16-8-4-9-17-38)44-31-26-40(27-32-44)41-28-33-48-46(34-41)45-20-12-13-21-47(45)50(48)42-18-10-5-11-19-42/h3-31,33-34,44H,32H2,1-2H3/b35-22+,36-23+. The second-order valence-corrected chi connectivity index (χ2v) is 13.0. The number of aromatic nitrogens is 1. The summed E-state index contributed by atoms with van der Waals surface area (Å²) in [5.41, 5.74) is 13.5. The highest BCUT2D eigenvalue weighted by atomic mass is 15.2. The number of benzene rings is 6. The molecule has 6 aromatic carbocycles.